The number of hydrogen-bond donors (Lipinski definition) is 1. The Labute approximate surface area is 121 Å². The molecule has 0 aromatic carbocycles. The zero-order valence-electron chi connectivity index (χ0n) is 11.2. The molecule has 104 valence electrons. The van der Waals surface area contributed by atoms with Gasteiger partial charge in [-0.25, -0.2) is 0 Å². The number of fused-ring (bicyclic) bond motifs is 4. The molecule has 0 radical (unpaired) electrons. The minimum absolute atomic E-state index is 0.0740. The van der Waals surface area contributed by atoms with Crippen molar-refractivity contribution in [3.63, 3.8) is 0 Å². The van der Waals surface area contributed by atoms with E-state index >= 15 is 0 Å². The largest absolute Gasteiger partial charge is 0.347 e. The Morgan fingerprint density at radius 3 is 2.95 bits per heavy atom. The third-order valence-electron chi connectivity index (χ3n) is 4.52. The van der Waals surface area contributed by atoms with Crippen molar-refractivity contribution in [2.24, 2.45) is 5.92 Å². The average molecular weight is 287 g/mol. The SMILES string of the molecule is O=C(N[C@@H]1CN2CCC1CC2)c1cc2ccncc2s1. The van der Waals surface area contributed by atoms with E-state index in [1.165, 1.54) is 37.3 Å². The molecule has 20 heavy (non-hydrogen) atoms. The lowest BCUT2D eigenvalue weighted by atomic mass is 9.84. The second kappa shape index (κ2) is 4.82. The standard InChI is InChI=1S/C15H17N3OS/c19-15(13-7-11-1-4-16-8-14(11)20-13)17-12-9-18-5-2-10(12)3-6-18/h1,4,7-8,10,12H,2-3,5-6,9H2,(H,17,19)/t12-/m1/s1. The predicted octanol–water partition coefficient (Wildman–Crippen LogP) is 2.12. The molecule has 5 rings (SSSR count). The monoisotopic (exact) mass is 287 g/mol. The summed E-state index contributed by atoms with van der Waals surface area (Å²) in [7, 11) is 0. The van der Waals surface area contributed by atoms with Gasteiger partial charge in [0.1, 0.15) is 0 Å². The van der Waals surface area contributed by atoms with Crippen molar-refractivity contribution in [3.8, 4) is 0 Å². The number of rotatable bonds is 2. The van der Waals surface area contributed by atoms with Gasteiger partial charge in [-0.15, -0.1) is 11.3 Å². The Morgan fingerprint density at radius 1 is 1.40 bits per heavy atom. The summed E-state index contributed by atoms with van der Waals surface area (Å²) < 4.78 is 1.08. The Kier molecular flexibility index (Phi) is 2.97. The summed E-state index contributed by atoms with van der Waals surface area (Å²) in [5.74, 6) is 0.741. The Morgan fingerprint density at radius 2 is 2.25 bits per heavy atom. The third-order valence-corrected chi connectivity index (χ3v) is 5.60. The highest BCUT2D eigenvalue weighted by molar-refractivity contribution is 7.20. The van der Waals surface area contributed by atoms with Gasteiger partial charge in [-0.1, -0.05) is 0 Å². The van der Waals surface area contributed by atoms with E-state index in [-0.39, 0.29) is 5.91 Å². The number of pyridine rings is 1. The first-order valence-electron chi connectivity index (χ1n) is 7.16. The van der Waals surface area contributed by atoms with E-state index in [0.29, 0.717) is 12.0 Å². The molecule has 5 heterocycles. The molecule has 2 aromatic heterocycles. The number of piperidine rings is 3. The number of carbonyl (C=O) groups excluding carboxylic acids is 1. The summed E-state index contributed by atoms with van der Waals surface area (Å²) in [6.45, 7) is 3.42. The summed E-state index contributed by atoms with van der Waals surface area (Å²) in [4.78, 5) is 19.8. The summed E-state index contributed by atoms with van der Waals surface area (Å²) in [6.07, 6.45) is 6.04. The lowest BCUT2D eigenvalue weighted by Crippen LogP contribution is -2.57. The number of nitrogens with one attached hydrogen (secondary N) is 1. The van der Waals surface area contributed by atoms with E-state index in [2.05, 4.69) is 15.2 Å². The molecule has 2 bridgehead atoms. The molecule has 5 heteroatoms. The predicted molar refractivity (Wildman–Crippen MR) is 80.0 cm³/mol. The van der Waals surface area contributed by atoms with Crippen molar-refractivity contribution >= 4 is 27.3 Å². The minimum atomic E-state index is 0.0740. The summed E-state index contributed by atoms with van der Waals surface area (Å²) >= 11 is 1.53. The van der Waals surface area contributed by atoms with Gasteiger partial charge < -0.3 is 10.2 Å². The molecule has 2 aromatic rings. The molecule has 1 amide bonds. The van der Waals surface area contributed by atoms with Crippen LogP contribution in [0.1, 0.15) is 22.5 Å². The highest BCUT2D eigenvalue weighted by Crippen LogP contribution is 2.29. The molecule has 0 saturated carbocycles. The van der Waals surface area contributed by atoms with Crippen molar-refractivity contribution < 1.29 is 4.79 Å². The van der Waals surface area contributed by atoms with Crippen LogP contribution < -0.4 is 5.32 Å². The maximum absolute atomic E-state index is 12.4. The quantitative estimate of drug-likeness (QED) is 0.920. The second-order valence-corrected chi connectivity index (χ2v) is 6.83. The maximum atomic E-state index is 12.4. The molecule has 4 nitrogen and oxygen atoms in total. The number of carbonyl (C=O) groups is 1. The van der Waals surface area contributed by atoms with E-state index < -0.39 is 0 Å². The first-order chi connectivity index (χ1) is 9.79. The van der Waals surface area contributed by atoms with E-state index in [1.807, 2.05) is 18.3 Å². The normalized spacial score (nSPS) is 28.7. The first kappa shape index (κ1) is 12.3. The molecule has 1 atom stereocenters. The van der Waals surface area contributed by atoms with Crippen LogP contribution in [-0.2, 0) is 0 Å². The van der Waals surface area contributed by atoms with Crippen LogP contribution >= 0.6 is 11.3 Å². The highest BCUT2D eigenvalue weighted by Gasteiger charge is 2.35. The zero-order chi connectivity index (χ0) is 13.5. The van der Waals surface area contributed by atoms with Crippen molar-refractivity contribution in [1.29, 1.82) is 0 Å². The van der Waals surface area contributed by atoms with Gasteiger partial charge in [0.15, 0.2) is 0 Å². The van der Waals surface area contributed by atoms with Crippen molar-refractivity contribution in [2.75, 3.05) is 19.6 Å². The smallest absolute Gasteiger partial charge is 0.261 e. The molecule has 0 unspecified atom stereocenters. The summed E-state index contributed by atoms with van der Waals surface area (Å²) in [5.41, 5.74) is 0. The minimum Gasteiger partial charge on any atom is -0.347 e. The number of nitrogens with zero attached hydrogens (tertiary/aromatic N) is 2. The number of amides is 1. The van der Waals surface area contributed by atoms with Crippen LogP contribution in [0.25, 0.3) is 10.1 Å². The van der Waals surface area contributed by atoms with Gasteiger partial charge >= 0.3 is 0 Å². The van der Waals surface area contributed by atoms with Crippen LogP contribution in [0.4, 0.5) is 0 Å². The molecule has 3 saturated heterocycles. The van der Waals surface area contributed by atoms with E-state index in [1.54, 1.807) is 6.20 Å². The van der Waals surface area contributed by atoms with Gasteiger partial charge in [-0.3, -0.25) is 9.78 Å². The van der Waals surface area contributed by atoms with E-state index in [4.69, 9.17) is 0 Å². The molecule has 1 N–H and O–H groups in total. The lowest BCUT2D eigenvalue weighted by molar-refractivity contribution is 0.0622. The molecule has 0 spiro atoms. The fourth-order valence-electron chi connectivity index (χ4n) is 3.36. The Hall–Kier alpha value is -1.46. The van der Waals surface area contributed by atoms with Gasteiger partial charge in [0.05, 0.1) is 9.58 Å². The molecule has 3 aliphatic rings. The number of aromatic nitrogens is 1. The highest BCUT2D eigenvalue weighted by atomic mass is 32.1. The molecular formula is C15H17N3OS. The zero-order valence-corrected chi connectivity index (χ0v) is 12.0. The van der Waals surface area contributed by atoms with Gasteiger partial charge in [-0.2, -0.15) is 0 Å². The molecule has 3 fully saturated rings. The van der Waals surface area contributed by atoms with Crippen LogP contribution in [-0.4, -0.2) is 41.5 Å². The topological polar surface area (TPSA) is 45.2 Å². The number of thiophene rings is 1. The van der Waals surface area contributed by atoms with Crippen molar-refractivity contribution in [2.45, 2.75) is 18.9 Å². The van der Waals surface area contributed by atoms with Crippen LogP contribution in [0.5, 0.6) is 0 Å². The van der Waals surface area contributed by atoms with Crippen LogP contribution in [0.3, 0.4) is 0 Å². The van der Waals surface area contributed by atoms with Crippen molar-refractivity contribution in [1.82, 2.24) is 15.2 Å². The molecular weight excluding hydrogens is 270 g/mol. The Bertz CT molecular complexity index is 612. The molecule has 0 aliphatic carbocycles. The van der Waals surface area contributed by atoms with Crippen LogP contribution in [0, 0.1) is 5.92 Å². The average Bonchev–Trinajstić information content (AvgIpc) is 2.92. The van der Waals surface area contributed by atoms with Gasteiger partial charge in [0, 0.05) is 25.0 Å². The summed E-state index contributed by atoms with van der Waals surface area (Å²) in [5, 5.41) is 4.34. The van der Waals surface area contributed by atoms with Crippen LogP contribution in [0.2, 0.25) is 0 Å². The van der Waals surface area contributed by atoms with Gasteiger partial charge in [0.2, 0.25) is 0 Å². The molecule has 3 aliphatic heterocycles. The second-order valence-electron chi connectivity index (χ2n) is 5.74. The van der Waals surface area contributed by atoms with Gasteiger partial charge in [-0.05, 0) is 49.4 Å². The first-order valence-corrected chi connectivity index (χ1v) is 7.98. The fourth-order valence-corrected chi connectivity index (χ4v) is 4.30. The van der Waals surface area contributed by atoms with Gasteiger partial charge in [0.25, 0.3) is 5.91 Å². The fraction of sp³-hybridized carbons (Fsp3) is 0.467. The third kappa shape index (κ3) is 2.11. The summed E-state index contributed by atoms with van der Waals surface area (Å²) in [6, 6.07) is 4.25. The van der Waals surface area contributed by atoms with Crippen LogP contribution in [0.15, 0.2) is 24.5 Å². The van der Waals surface area contributed by atoms with E-state index in [9.17, 15) is 4.79 Å². The Balaban J connectivity index is 1.52. The van der Waals surface area contributed by atoms with E-state index in [0.717, 1.165) is 21.5 Å². The number of hydrogen-bond acceptors (Lipinski definition) is 4. The van der Waals surface area contributed by atoms with Crippen molar-refractivity contribution in [3.05, 3.63) is 29.4 Å². The lowest BCUT2D eigenvalue weighted by Gasteiger charge is -2.44. The maximum Gasteiger partial charge on any atom is 0.261 e.